The van der Waals surface area contributed by atoms with E-state index in [4.69, 9.17) is 9.47 Å². The predicted octanol–water partition coefficient (Wildman–Crippen LogP) is 2.54. The molecule has 2 heterocycles. The molecule has 176 valence electrons. The predicted molar refractivity (Wildman–Crippen MR) is 120 cm³/mol. The van der Waals surface area contributed by atoms with Crippen LogP contribution in [0.4, 0.5) is 0 Å². The Balaban J connectivity index is 1.68. The third kappa shape index (κ3) is 4.44. The number of hydrogen-bond acceptors (Lipinski definition) is 6. The zero-order valence-electron chi connectivity index (χ0n) is 19.3. The van der Waals surface area contributed by atoms with Crippen molar-refractivity contribution in [2.24, 2.45) is 0 Å². The van der Waals surface area contributed by atoms with E-state index >= 15 is 0 Å². The van der Waals surface area contributed by atoms with Gasteiger partial charge in [-0.05, 0) is 44.4 Å². The lowest BCUT2D eigenvalue weighted by molar-refractivity contribution is -0.134. The molecule has 1 aromatic carbocycles. The van der Waals surface area contributed by atoms with Crippen molar-refractivity contribution in [2.45, 2.75) is 64.2 Å². The first-order valence-corrected chi connectivity index (χ1v) is 11.4. The molecule has 1 N–H and O–H groups in total. The van der Waals surface area contributed by atoms with E-state index in [2.05, 4.69) is 10.4 Å². The molecule has 1 saturated carbocycles. The van der Waals surface area contributed by atoms with Crippen LogP contribution in [0.3, 0.4) is 0 Å². The summed E-state index contributed by atoms with van der Waals surface area (Å²) in [5, 5.41) is 7.43. The van der Waals surface area contributed by atoms with Crippen LogP contribution in [0.15, 0.2) is 30.3 Å². The van der Waals surface area contributed by atoms with Gasteiger partial charge in [-0.3, -0.25) is 14.3 Å². The van der Waals surface area contributed by atoms with E-state index in [0.29, 0.717) is 5.75 Å². The van der Waals surface area contributed by atoms with Crippen LogP contribution in [0, 0.1) is 0 Å². The topological polar surface area (TPSA) is 103 Å². The van der Waals surface area contributed by atoms with Crippen LogP contribution in [0.5, 0.6) is 5.75 Å². The maximum Gasteiger partial charge on any atom is 0.358 e. The van der Waals surface area contributed by atoms with Gasteiger partial charge < -0.3 is 19.7 Å². The molecule has 1 aliphatic carbocycles. The Morgan fingerprint density at radius 3 is 2.55 bits per heavy atom. The van der Waals surface area contributed by atoms with E-state index in [0.717, 1.165) is 31.2 Å². The minimum atomic E-state index is -1.18. The molecule has 1 atom stereocenters. The average Bonchev–Trinajstić information content (AvgIpc) is 3.47. The molecule has 9 heteroatoms. The number of esters is 1. The first kappa shape index (κ1) is 22.8. The number of hydrogen-bond donors (Lipinski definition) is 1. The highest BCUT2D eigenvalue weighted by atomic mass is 16.5. The molecular weight excluding hydrogens is 424 g/mol. The van der Waals surface area contributed by atoms with Crippen molar-refractivity contribution in [1.29, 1.82) is 0 Å². The second kappa shape index (κ2) is 9.25. The number of fused-ring (bicyclic) bond motifs is 1. The van der Waals surface area contributed by atoms with Crippen LogP contribution < -0.4 is 10.1 Å². The molecule has 1 aromatic heterocycles. The normalized spacial score (nSPS) is 20.5. The van der Waals surface area contributed by atoms with Crippen molar-refractivity contribution >= 4 is 17.8 Å². The van der Waals surface area contributed by atoms with E-state index in [1.165, 1.54) is 10.7 Å². The molecule has 2 amide bonds. The van der Waals surface area contributed by atoms with Crippen molar-refractivity contribution < 1.29 is 23.9 Å². The third-order valence-electron chi connectivity index (χ3n) is 6.46. The molecule has 0 spiro atoms. The van der Waals surface area contributed by atoms with Crippen LogP contribution in [0.2, 0.25) is 0 Å². The number of aromatic nitrogens is 2. The summed E-state index contributed by atoms with van der Waals surface area (Å²) in [5.74, 6) is -0.451. The Kier molecular flexibility index (Phi) is 6.40. The summed E-state index contributed by atoms with van der Waals surface area (Å²) < 4.78 is 11.7. The molecule has 0 unspecified atom stereocenters. The van der Waals surface area contributed by atoms with Crippen molar-refractivity contribution in [3.05, 3.63) is 47.3 Å². The van der Waals surface area contributed by atoms with Gasteiger partial charge in [-0.2, -0.15) is 5.10 Å². The monoisotopic (exact) mass is 454 g/mol. The van der Waals surface area contributed by atoms with E-state index in [1.54, 1.807) is 25.9 Å². The smallest absolute Gasteiger partial charge is 0.358 e. The lowest BCUT2D eigenvalue weighted by Crippen LogP contribution is -2.64. The van der Waals surface area contributed by atoms with Crippen molar-refractivity contribution in [3.63, 3.8) is 0 Å². The van der Waals surface area contributed by atoms with E-state index < -0.39 is 11.5 Å². The van der Waals surface area contributed by atoms with Gasteiger partial charge in [-0.25, -0.2) is 4.79 Å². The average molecular weight is 455 g/mol. The first-order valence-electron chi connectivity index (χ1n) is 11.4. The van der Waals surface area contributed by atoms with Crippen LogP contribution in [-0.4, -0.2) is 57.8 Å². The van der Waals surface area contributed by atoms with Gasteiger partial charge in [0.25, 0.3) is 5.91 Å². The SMILES string of the molecule is CCOC(=O)c1cc2n(n1)C[C@](C)(C(=O)NC1CCCC1)N(Cc1ccc(OC)cc1)C2=O. The van der Waals surface area contributed by atoms with Gasteiger partial charge in [0.15, 0.2) is 5.69 Å². The standard InChI is InChI=1S/C24H30N4O5/c1-4-33-22(30)19-13-20-21(29)27(14-16-9-11-18(32-3)12-10-16)24(2,15-28(20)26-19)23(31)25-17-7-5-6-8-17/h9-13,17H,4-8,14-15H2,1-3H3,(H,25,31)/t24-/m1/s1. The number of amides is 2. The highest BCUT2D eigenvalue weighted by Crippen LogP contribution is 2.31. The molecule has 4 rings (SSSR count). The summed E-state index contributed by atoms with van der Waals surface area (Å²) in [5.41, 5.74) is 0.00950. The fourth-order valence-corrected chi connectivity index (χ4v) is 4.52. The van der Waals surface area contributed by atoms with Crippen LogP contribution in [0.25, 0.3) is 0 Å². The highest BCUT2D eigenvalue weighted by Gasteiger charge is 2.48. The molecule has 33 heavy (non-hydrogen) atoms. The molecule has 2 aromatic rings. The minimum absolute atomic E-state index is 0.0602. The lowest BCUT2D eigenvalue weighted by atomic mass is 9.93. The minimum Gasteiger partial charge on any atom is -0.497 e. The summed E-state index contributed by atoms with van der Waals surface area (Å²) in [7, 11) is 1.59. The first-order chi connectivity index (χ1) is 15.9. The fourth-order valence-electron chi connectivity index (χ4n) is 4.52. The van der Waals surface area contributed by atoms with Gasteiger partial charge >= 0.3 is 5.97 Å². The van der Waals surface area contributed by atoms with Crippen LogP contribution in [-0.2, 0) is 22.6 Å². The lowest BCUT2D eigenvalue weighted by Gasteiger charge is -2.43. The number of carbonyl (C=O) groups is 3. The summed E-state index contributed by atoms with van der Waals surface area (Å²) in [6, 6.07) is 8.94. The molecule has 0 bridgehead atoms. The van der Waals surface area contributed by atoms with Gasteiger partial charge in [0.2, 0.25) is 5.91 Å². The third-order valence-corrected chi connectivity index (χ3v) is 6.46. The molecule has 1 aliphatic heterocycles. The van der Waals surface area contributed by atoms with Crippen molar-refractivity contribution in [2.75, 3.05) is 13.7 Å². The van der Waals surface area contributed by atoms with Gasteiger partial charge in [-0.1, -0.05) is 25.0 Å². The molecule has 1 fully saturated rings. The number of rotatable bonds is 7. The number of carbonyl (C=O) groups excluding carboxylic acids is 3. The Morgan fingerprint density at radius 2 is 1.91 bits per heavy atom. The Morgan fingerprint density at radius 1 is 1.21 bits per heavy atom. The van der Waals surface area contributed by atoms with Gasteiger partial charge in [0.1, 0.15) is 17.0 Å². The van der Waals surface area contributed by atoms with Crippen LogP contribution in [0.1, 0.15) is 66.1 Å². The molecule has 0 radical (unpaired) electrons. The summed E-state index contributed by atoms with van der Waals surface area (Å²) in [4.78, 5) is 40.9. The second-order valence-corrected chi connectivity index (χ2v) is 8.76. The summed E-state index contributed by atoms with van der Waals surface area (Å²) in [6.07, 6.45) is 4.05. The maximum absolute atomic E-state index is 13.6. The number of ether oxygens (including phenoxy) is 2. The zero-order chi connectivity index (χ0) is 23.6. The maximum atomic E-state index is 13.6. The van der Waals surface area contributed by atoms with Crippen molar-refractivity contribution in [3.8, 4) is 5.75 Å². The van der Waals surface area contributed by atoms with Gasteiger partial charge in [-0.15, -0.1) is 0 Å². The molecule has 9 nitrogen and oxygen atoms in total. The second-order valence-electron chi connectivity index (χ2n) is 8.76. The number of benzene rings is 1. The fraction of sp³-hybridized carbons (Fsp3) is 0.500. The van der Waals surface area contributed by atoms with Gasteiger partial charge in [0.05, 0.1) is 20.3 Å². The Hall–Kier alpha value is -3.36. The highest BCUT2D eigenvalue weighted by molar-refractivity contribution is 6.01. The largest absolute Gasteiger partial charge is 0.497 e. The molecule has 2 aliphatic rings. The Labute approximate surface area is 193 Å². The number of nitrogens with zero attached hydrogens (tertiary/aromatic N) is 3. The number of methoxy groups -OCH3 is 1. The van der Waals surface area contributed by atoms with Crippen molar-refractivity contribution in [1.82, 2.24) is 20.0 Å². The van der Waals surface area contributed by atoms with Gasteiger partial charge in [0, 0.05) is 18.7 Å². The quantitative estimate of drug-likeness (QED) is 0.645. The summed E-state index contributed by atoms with van der Waals surface area (Å²) >= 11 is 0. The Bertz CT molecular complexity index is 1040. The number of nitrogens with one attached hydrogen (secondary N) is 1. The van der Waals surface area contributed by atoms with E-state index in [9.17, 15) is 14.4 Å². The summed E-state index contributed by atoms with van der Waals surface area (Å²) in [6.45, 7) is 4.05. The zero-order valence-corrected chi connectivity index (χ0v) is 19.3. The van der Waals surface area contributed by atoms with Crippen LogP contribution >= 0.6 is 0 Å². The van der Waals surface area contributed by atoms with E-state index in [1.807, 2.05) is 24.3 Å². The van der Waals surface area contributed by atoms with E-state index in [-0.39, 0.29) is 48.9 Å². The molecule has 0 saturated heterocycles. The molecular formula is C24H30N4O5.